The molecule has 1 fully saturated rings. The van der Waals surface area contributed by atoms with Gasteiger partial charge in [-0.1, -0.05) is 13.3 Å². The number of carbonyl (C=O) groups excluding carboxylic acids is 1. The molecule has 0 aliphatic heterocycles. The predicted octanol–water partition coefficient (Wildman–Crippen LogP) is 2.58. The molecule has 1 aliphatic rings. The molecule has 0 unspecified atom stereocenters. The predicted molar refractivity (Wildman–Crippen MR) is 56.9 cm³/mol. The summed E-state index contributed by atoms with van der Waals surface area (Å²) in [6.45, 7) is 2.19. The maximum absolute atomic E-state index is 11.3. The first-order chi connectivity index (χ1) is 7.22. The lowest BCUT2D eigenvalue weighted by Gasteiger charge is -2.22. The van der Waals surface area contributed by atoms with E-state index in [9.17, 15) is 4.79 Å². The number of methoxy groups -OCH3 is 1. The van der Waals surface area contributed by atoms with Gasteiger partial charge in [-0.25, -0.2) is 4.79 Å². The standard InChI is InChI=1S/C12H17NO2/c1-3-9-4-6-10(7-5-9)11(8-13)12(14)15-2/h9H,3-7H2,1-2H3. The van der Waals surface area contributed by atoms with Crippen molar-refractivity contribution >= 4 is 5.97 Å². The van der Waals surface area contributed by atoms with Gasteiger partial charge in [-0.2, -0.15) is 5.26 Å². The molecular weight excluding hydrogens is 190 g/mol. The highest BCUT2D eigenvalue weighted by Gasteiger charge is 2.21. The lowest BCUT2D eigenvalue weighted by Crippen LogP contribution is -2.12. The van der Waals surface area contributed by atoms with Crippen molar-refractivity contribution in [3.8, 4) is 6.07 Å². The van der Waals surface area contributed by atoms with Crippen molar-refractivity contribution < 1.29 is 9.53 Å². The smallest absolute Gasteiger partial charge is 0.348 e. The zero-order chi connectivity index (χ0) is 11.3. The van der Waals surface area contributed by atoms with Gasteiger partial charge in [-0.3, -0.25) is 0 Å². The Balaban J connectivity index is 2.74. The van der Waals surface area contributed by atoms with Gasteiger partial charge < -0.3 is 4.74 Å². The van der Waals surface area contributed by atoms with Gasteiger partial charge in [-0.15, -0.1) is 0 Å². The molecule has 0 radical (unpaired) electrons. The highest BCUT2D eigenvalue weighted by molar-refractivity contribution is 5.93. The second-order valence-corrected chi connectivity index (χ2v) is 3.93. The van der Waals surface area contributed by atoms with Crippen molar-refractivity contribution in [2.75, 3.05) is 7.11 Å². The van der Waals surface area contributed by atoms with Crippen LogP contribution >= 0.6 is 0 Å². The fraction of sp³-hybridized carbons (Fsp3) is 0.667. The van der Waals surface area contributed by atoms with Gasteiger partial charge in [0.15, 0.2) is 0 Å². The third-order valence-electron chi connectivity index (χ3n) is 3.14. The van der Waals surface area contributed by atoms with E-state index in [1.54, 1.807) is 0 Å². The van der Waals surface area contributed by atoms with Gasteiger partial charge in [-0.05, 0) is 37.2 Å². The molecule has 1 aliphatic carbocycles. The number of nitriles is 1. The van der Waals surface area contributed by atoms with Crippen LogP contribution in [-0.4, -0.2) is 13.1 Å². The molecule has 0 amide bonds. The van der Waals surface area contributed by atoms with E-state index >= 15 is 0 Å². The van der Waals surface area contributed by atoms with Crippen molar-refractivity contribution in [3.63, 3.8) is 0 Å². The number of rotatable bonds is 2. The van der Waals surface area contributed by atoms with Crippen molar-refractivity contribution in [3.05, 3.63) is 11.1 Å². The fourth-order valence-electron chi connectivity index (χ4n) is 2.06. The molecule has 0 atom stereocenters. The molecule has 1 rings (SSSR count). The Bertz CT molecular complexity index is 302. The Morgan fingerprint density at radius 2 is 2.13 bits per heavy atom. The molecule has 82 valence electrons. The summed E-state index contributed by atoms with van der Waals surface area (Å²) < 4.78 is 4.59. The summed E-state index contributed by atoms with van der Waals surface area (Å²) in [6, 6.07) is 1.96. The van der Waals surface area contributed by atoms with Crippen molar-refractivity contribution in [2.45, 2.75) is 39.0 Å². The van der Waals surface area contributed by atoms with Gasteiger partial charge in [0.25, 0.3) is 0 Å². The van der Waals surface area contributed by atoms with Crippen LogP contribution in [-0.2, 0) is 9.53 Å². The molecule has 0 aromatic carbocycles. The molecule has 0 bridgehead atoms. The van der Waals surface area contributed by atoms with Crippen LogP contribution in [0.1, 0.15) is 39.0 Å². The Morgan fingerprint density at radius 3 is 2.53 bits per heavy atom. The van der Waals surface area contributed by atoms with Gasteiger partial charge in [0, 0.05) is 0 Å². The largest absolute Gasteiger partial charge is 0.465 e. The molecule has 0 aromatic rings. The van der Waals surface area contributed by atoms with Crippen LogP contribution in [0.4, 0.5) is 0 Å². The van der Waals surface area contributed by atoms with Crippen molar-refractivity contribution in [1.29, 1.82) is 5.26 Å². The minimum Gasteiger partial charge on any atom is -0.465 e. The highest BCUT2D eigenvalue weighted by Crippen LogP contribution is 2.31. The van der Waals surface area contributed by atoms with E-state index in [2.05, 4.69) is 11.7 Å². The highest BCUT2D eigenvalue weighted by atomic mass is 16.5. The lowest BCUT2D eigenvalue weighted by atomic mass is 9.82. The summed E-state index contributed by atoms with van der Waals surface area (Å²) in [5, 5.41) is 8.89. The van der Waals surface area contributed by atoms with Crippen LogP contribution in [0.5, 0.6) is 0 Å². The molecule has 0 saturated heterocycles. The Morgan fingerprint density at radius 1 is 1.53 bits per heavy atom. The minimum absolute atomic E-state index is 0.229. The van der Waals surface area contributed by atoms with E-state index in [-0.39, 0.29) is 5.57 Å². The first-order valence-electron chi connectivity index (χ1n) is 5.43. The van der Waals surface area contributed by atoms with E-state index in [0.717, 1.165) is 37.2 Å². The first kappa shape index (κ1) is 11.8. The normalized spacial score (nSPS) is 20.6. The van der Waals surface area contributed by atoms with Crippen molar-refractivity contribution in [1.82, 2.24) is 0 Å². The van der Waals surface area contributed by atoms with Crippen LogP contribution in [0.2, 0.25) is 0 Å². The summed E-state index contributed by atoms with van der Waals surface area (Å²) in [5.74, 6) is 0.272. The van der Waals surface area contributed by atoms with Crippen LogP contribution in [0.3, 0.4) is 0 Å². The topological polar surface area (TPSA) is 50.1 Å². The second kappa shape index (κ2) is 5.55. The number of hydrogen-bond acceptors (Lipinski definition) is 3. The summed E-state index contributed by atoms with van der Waals surface area (Å²) in [6.07, 6.45) is 5.11. The third-order valence-corrected chi connectivity index (χ3v) is 3.14. The summed E-state index contributed by atoms with van der Waals surface area (Å²) in [4.78, 5) is 11.3. The Hall–Kier alpha value is -1.30. The molecule has 0 heterocycles. The Kier molecular flexibility index (Phi) is 4.36. The molecule has 0 aromatic heterocycles. The fourth-order valence-corrected chi connectivity index (χ4v) is 2.06. The Labute approximate surface area is 90.7 Å². The molecule has 3 heteroatoms. The lowest BCUT2D eigenvalue weighted by molar-refractivity contribution is -0.135. The second-order valence-electron chi connectivity index (χ2n) is 3.93. The molecule has 3 nitrogen and oxygen atoms in total. The number of carbonyl (C=O) groups is 1. The molecule has 0 N–H and O–H groups in total. The zero-order valence-corrected chi connectivity index (χ0v) is 9.38. The summed E-state index contributed by atoms with van der Waals surface area (Å²) in [7, 11) is 1.32. The van der Waals surface area contributed by atoms with Gasteiger partial charge in [0.05, 0.1) is 7.11 Å². The van der Waals surface area contributed by atoms with Gasteiger partial charge >= 0.3 is 5.97 Å². The van der Waals surface area contributed by atoms with Crippen LogP contribution < -0.4 is 0 Å². The minimum atomic E-state index is -0.484. The molecular formula is C12H17NO2. The van der Waals surface area contributed by atoms with E-state index in [1.165, 1.54) is 13.5 Å². The maximum atomic E-state index is 11.3. The van der Waals surface area contributed by atoms with Crippen molar-refractivity contribution in [2.24, 2.45) is 5.92 Å². The molecule has 0 spiro atoms. The van der Waals surface area contributed by atoms with E-state index in [4.69, 9.17) is 5.26 Å². The molecule has 15 heavy (non-hydrogen) atoms. The van der Waals surface area contributed by atoms with Crippen LogP contribution in [0, 0.1) is 17.2 Å². The SMILES string of the molecule is CCC1CCC(=C(C#N)C(=O)OC)CC1. The van der Waals surface area contributed by atoms with Crippen LogP contribution in [0.15, 0.2) is 11.1 Å². The maximum Gasteiger partial charge on any atom is 0.348 e. The van der Waals surface area contributed by atoms with E-state index in [0.29, 0.717) is 0 Å². The zero-order valence-electron chi connectivity index (χ0n) is 9.38. The summed E-state index contributed by atoms with van der Waals surface area (Å²) in [5.41, 5.74) is 1.21. The monoisotopic (exact) mass is 207 g/mol. The third kappa shape index (κ3) is 2.82. The average Bonchev–Trinajstić information content (AvgIpc) is 2.30. The number of esters is 1. The number of hydrogen-bond donors (Lipinski definition) is 0. The number of allylic oxidation sites excluding steroid dienone is 1. The van der Waals surface area contributed by atoms with Gasteiger partial charge in [0.1, 0.15) is 11.6 Å². The number of ether oxygens (including phenoxy) is 1. The quantitative estimate of drug-likeness (QED) is 0.397. The van der Waals surface area contributed by atoms with Crippen LogP contribution in [0.25, 0.3) is 0 Å². The van der Waals surface area contributed by atoms with E-state index in [1.807, 2.05) is 6.07 Å². The number of nitrogens with zero attached hydrogens (tertiary/aromatic N) is 1. The first-order valence-corrected chi connectivity index (χ1v) is 5.43. The van der Waals surface area contributed by atoms with Gasteiger partial charge in [0.2, 0.25) is 0 Å². The van der Waals surface area contributed by atoms with E-state index < -0.39 is 5.97 Å². The summed E-state index contributed by atoms with van der Waals surface area (Å²) >= 11 is 0. The molecule has 1 saturated carbocycles. The average molecular weight is 207 g/mol.